The van der Waals surface area contributed by atoms with Crippen LogP contribution in [0.2, 0.25) is 0 Å². The van der Waals surface area contributed by atoms with Gasteiger partial charge in [0.15, 0.2) is 0 Å². The van der Waals surface area contributed by atoms with Crippen LogP contribution in [0.15, 0.2) is 139 Å². The number of rotatable bonds is 10. The Morgan fingerprint density at radius 2 is 1.04 bits per heavy atom. The molecule has 18 nitrogen and oxygen atoms in total. The highest BCUT2D eigenvalue weighted by molar-refractivity contribution is 9.10. The summed E-state index contributed by atoms with van der Waals surface area (Å²) < 4.78 is 14.3. The molecule has 0 saturated carbocycles. The maximum atomic E-state index is 13.1. The number of fused-ring (bicyclic) bond motifs is 2. The van der Waals surface area contributed by atoms with Crippen molar-refractivity contribution in [3.05, 3.63) is 161 Å². The maximum absolute atomic E-state index is 13.1. The minimum Gasteiger partial charge on any atom is -0.481 e. The molecule has 4 amide bonds. The molecule has 0 fully saturated rings. The summed E-state index contributed by atoms with van der Waals surface area (Å²) in [6, 6.07) is 27.4. The quantitative estimate of drug-likeness (QED) is 0.119. The zero-order valence-electron chi connectivity index (χ0n) is 36.6. The van der Waals surface area contributed by atoms with Gasteiger partial charge >= 0.3 is 7.12 Å². The summed E-state index contributed by atoms with van der Waals surface area (Å²) >= 11 is 3.42. The first-order valence-corrected chi connectivity index (χ1v) is 20.7. The third kappa shape index (κ3) is 12.3. The van der Waals surface area contributed by atoms with Crippen molar-refractivity contribution < 1.29 is 38.7 Å². The molecule has 0 unspecified atom stereocenters. The van der Waals surface area contributed by atoms with Crippen molar-refractivity contribution in [3.63, 3.8) is 0 Å². The number of amides is 4. The van der Waals surface area contributed by atoms with Crippen LogP contribution < -0.4 is 35.4 Å². The van der Waals surface area contributed by atoms with E-state index < -0.39 is 7.12 Å². The first kappa shape index (κ1) is 52.7. The van der Waals surface area contributed by atoms with Crippen molar-refractivity contribution in [3.8, 4) is 22.9 Å². The predicted octanol–water partition coefficient (Wildman–Crippen LogP) is 5.82. The van der Waals surface area contributed by atoms with Gasteiger partial charge in [0.25, 0.3) is 23.6 Å². The summed E-state index contributed by atoms with van der Waals surface area (Å²) in [5.74, 6) is 0.361. The molecule has 0 radical (unpaired) electrons. The smallest absolute Gasteiger partial charge is 0.481 e. The monoisotopic (exact) mass is 986 g/mol. The molecule has 8 aromatic rings. The minimum atomic E-state index is -1.49. The zero-order chi connectivity index (χ0) is 47.5. The average Bonchev–Trinajstić information content (AvgIpc) is 3.97. The first-order valence-electron chi connectivity index (χ1n) is 19.9. The molecule has 0 aliphatic carbocycles. The van der Waals surface area contributed by atoms with Gasteiger partial charge in [-0.25, -0.2) is 19.0 Å². The molecular weight excluding hydrogens is 935 g/mol. The second kappa shape index (κ2) is 24.0. The maximum Gasteiger partial charge on any atom is 0.488 e. The summed E-state index contributed by atoms with van der Waals surface area (Å²) in [6.07, 6.45) is 10.1. The molecule has 0 aliphatic rings. The molecule has 6 aromatic heterocycles. The normalized spacial score (nSPS) is 10.1. The largest absolute Gasteiger partial charge is 0.488 e. The van der Waals surface area contributed by atoms with E-state index in [1.54, 1.807) is 141 Å². The number of ether oxygens (including phenoxy) is 2. The van der Waals surface area contributed by atoms with Crippen molar-refractivity contribution >= 4 is 74.5 Å². The van der Waals surface area contributed by atoms with Crippen molar-refractivity contribution in [2.24, 2.45) is 0 Å². The van der Waals surface area contributed by atoms with Gasteiger partial charge in [0.05, 0.1) is 65.9 Å². The summed E-state index contributed by atoms with van der Waals surface area (Å²) in [5, 5.41) is 31.1. The number of hydrogen-bond acceptors (Lipinski definition) is 12. The number of anilines is 2. The van der Waals surface area contributed by atoms with E-state index in [0.717, 1.165) is 26.6 Å². The highest BCUT2D eigenvalue weighted by Gasteiger charge is 2.18. The van der Waals surface area contributed by atoms with E-state index in [2.05, 4.69) is 46.7 Å². The van der Waals surface area contributed by atoms with Crippen LogP contribution in [-0.4, -0.2) is 112 Å². The number of hydrogen-bond donors (Lipinski definition) is 4. The van der Waals surface area contributed by atoms with Gasteiger partial charge in [0.1, 0.15) is 0 Å². The Kier molecular flexibility index (Phi) is 18.6. The van der Waals surface area contributed by atoms with Gasteiger partial charge < -0.3 is 40.0 Å². The fourth-order valence-electron chi connectivity index (χ4n) is 6.32. The highest BCUT2D eigenvalue weighted by Crippen LogP contribution is 2.27. The molecule has 6 heterocycles. The lowest BCUT2D eigenvalue weighted by Crippen LogP contribution is -2.30. The fourth-order valence-corrected chi connectivity index (χ4v) is 6.71. The molecule has 2 aromatic carbocycles. The van der Waals surface area contributed by atoms with Crippen molar-refractivity contribution in [1.29, 1.82) is 0 Å². The van der Waals surface area contributed by atoms with E-state index in [4.69, 9.17) is 19.5 Å². The number of carbonyl (C=O) groups excluding carboxylic acids is 4. The van der Waals surface area contributed by atoms with Crippen molar-refractivity contribution in [2.45, 2.75) is 14.9 Å². The number of nitrogens with one attached hydrogen (secondary N) is 2. The van der Waals surface area contributed by atoms with Crippen LogP contribution in [0.1, 0.15) is 56.3 Å². The molecule has 0 spiro atoms. The van der Waals surface area contributed by atoms with Gasteiger partial charge in [0, 0.05) is 80.5 Å². The van der Waals surface area contributed by atoms with Crippen LogP contribution in [0, 0.1) is 0 Å². The number of pyridine rings is 4. The number of carbonyl (C=O) groups is 4. The van der Waals surface area contributed by atoms with E-state index >= 15 is 0 Å². The molecule has 20 heteroatoms. The molecule has 0 aliphatic heterocycles. The van der Waals surface area contributed by atoms with E-state index in [9.17, 15) is 19.2 Å². The molecule has 0 saturated heterocycles. The van der Waals surface area contributed by atoms with Crippen LogP contribution in [-0.2, 0) is 0 Å². The lowest BCUT2D eigenvalue weighted by atomic mass is 9.80. The van der Waals surface area contributed by atoms with Gasteiger partial charge in [0.2, 0.25) is 11.8 Å². The van der Waals surface area contributed by atoms with E-state index in [1.807, 2.05) is 18.2 Å². The van der Waals surface area contributed by atoms with Crippen LogP contribution in [0.3, 0.4) is 0 Å². The molecular formula is C48H52BBrN10O8. The van der Waals surface area contributed by atoms with Crippen LogP contribution in [0.5, 0.6) is 11.8 Å². The van der Waals surface area contributed by atoms with E-state index in [0.29, 0.717) is 50.9 Å². The third-order valence-electron chi connectivity index (χ3n) is 10.1. The topological polar surface area (TPSA) is 218 Å². The Balaban J connectivity index is 0.000000238. The first-order chi connectivity index (χ1) is 31.8. The number of methoxy groups -OCH3 is 2. The highest BCUT2D eigenvalue weighted by atomic mass is 79.9. The summed E-state index contributed by atoms with van der Waals surface area (Å²) in [6.45, 7) is 0. The number of aromatic nitrogens is 6. The Labute approximate surface area is 402 Å². The second-order valence-corrected chi connectivity index (χ2v) is 15.0. The third-order valence-corrected chi connectivity index (χ3v) is 10.7. The second-order valence-electron chi connectivity index (χ2n) is 14.1. The zero-order valence-corrected chi connectivity index (χ0v) is 38.2. The standard InChI is InChI=1S/C23H21N5O3.C15H13BrN4O2.C8H10BNO3.2CH4/c1-24-22(29)16-6-4-15(5-7-16)19-14-26-28-11-10-17(12-20(19)28)23(30)27(2)18-8-9-21(31-3)25-13-18;1-19(11-3-4-14(22-2)17-8-11)15(21)10-5-6-20-13(7-10)12(16)9-18-20;1-10-8(11)6-2-4-7(5-3-6)9(12)13;;/h4-14H,1-3H3,(H,24,29);3-9H,1-2H3;2-5,12-13H,1H3,(H,10,11);2*1H4. The molecule has 4 N–H and O–H groups in total. The molecule has 0 atom stereocenters. The van der Waals surface area contributed by atoms with Crippen LogP contribution in [0.4, 0.5) is 11.4 Å². The van der Waals surface area contributed by atoms with Gasteiger partial charge in [-0.05, 0) is 87.6 Å². The van der Waals surface area contributed by atoms with Crippen molar-refractivity contribution in [1.82, 2.24) is 39.8 Å². The van der Waals surface area contributed by atoms with Crippen molar-refractivity contribution in [2.75, 3.05) is 52.2 Å². The Morgan fingerprint density at radius 1 is 0.603 bits per heavy atom. The molecule has 68 heavy (non-hydrogen) atoms. The lowest BCUT2D eigenvalue weighted by molar-refractivity contribution is 0.0955. The molecule has 8 rings (SSSR count). The van der Waals surface area contributed by atoms with Gasteiger partial charge in [-0.2, -0.15) is 10.2 Å². The Bertz CT molecular complexity index is 2970. The number of halogens is 1. The Hall–Kier alpha value is -7.94. The van der Waals surface area contributed by atoms with Crippen LogP contribution in [0.25, 0.3) is 22.2 Å². The van der Waals surface area contributed by atoms with Crippen LogP contribution >= 0.6 is 15.9 Å². The molecule has 0 bridgehead atoms. The number of nitrogens with zero attached hydrogens (tertiary/aromatic N) is 8. The predicted molar refractivity (Wildman–Crippen MR) is 267 cm³/mol. The van der Waals surface area contributed by atoms with E-state index in [1.165, 1.54) is 36.2 Å². The van der Waals surface area contributed by atoms with Gasteiger partial charge in [-0.15, -0.1) is 0 Å². The van der Waals surface area contributed by atoms with E-state index in [-0.39, 0.29) is 38.5 Å². The average molecular weight is 988 g/mol. The van der Waals surface area contributed by atoms with Gasteiger partial charge in [-0.1, -0.05) is 39.1 Å². The number of benzene rings is 2. The Morgan fingerprint density at radius 3 is 1.47 bits per heavy atom. The summed E-state index contributed by atoms with van der Waals surface area (Å²) in [5.41, 5.74) is 7.29. The summed E-state index contributed by atoms with van der Waals surface area (Å²) in [4.78, 5) is 59.8. The fraction of sp³-hybridized carbons (Fsp3) is 0.167. The SMILES string of the molecule is C.C.CNC(=O)c1ccc(-c2cnn3ccc(C(=O)N(C)c4ccc(OC)nc4)cc23)cc1.CNC(=O)c1ccc(B(O)O)cc1.COc1ccc(N(C)C(=O)c2ccn3ncc(Br)c3c2)cn1. The molecule has 352 valence electrons. The van der Waals surface area contributed by atoms with Gasteiger partial charge in [-0.3, -0.25) is 19.2 Å². The minimum absolute atomic E-state index is 0. The lowest BCUT2D eigenvalue weighted by Gasteiger charge is -2.17. The summed E-state index contributed by atoms with van der Waals surface area (Å²) in [7, 11) is 8.15.